The van der Waals surface area contributed by atoms with Crippen LogP contribution in [0.25, 0.3) is 0 Å². The Morgan fingerprint density at radius 3 is 2.29 bits per heavy atom. The fourth-order valence-corrected chi connectivity index (χ4v) is 1.92. The summed E-state index contributed by atoms with van der Waals surface area (Å²) in [5.41, 5.74) is 1.27. The lowest BCUT2D eigenvalue weighted by Crippen LogP contribution is -2.02. The Morgan fingerprint density at radius 2 is 1.90 bits per heavy atom. The van der Waals surface area contributed by atoms with Crippen LogP contribution in [0.15, 0.2) is 36.4 Å². The molecule has 2 aliphatic rings. The zero-order valence-electron chi connectivity index (χ0n) is 11.8. The summed E-state index contributed by atoms with van der Waals surface area (Å²) in [6, 6.07) is 10.1. The third-order valence-electron chi connectivity index (χ3n) is 3.03. The van der Waals surface area contributed by atoms with Gasteiger partial charge in [0.1, 0.15) is 18.1 Å². The average molecular weight is 288 g/mol. The first-order chi connectivity index (χ1) is 10.0. The van der Waals surface area contributed by atoms with Crippen molar-refractivity contribution >= 4 is 5.78 Å². The summed E-state index contributed by atoms with van der Waals surface area (Å²) in [5.74, 6) is 1.31. The standard InChI is InChI=1S/C9H10O2.C7H6O3/c1-7(10)8-5-3-4-6-9(8)11-2;8-5-2-7-6(9)1-4(5)3-10-7/h3-6H,1-2H3;1-2,8-9H,3H2. The molecular formula is C16H16O5. The zero-order valence-corrected chi connectivity index (χ0v) is 11.8. The molecule has 21 heavy (non-hydrogen) atoms. The molecule has 2 heterocycles. The molecule has 2 aliphatic heterocycles. The number of ether oxygens (including phenoxy) is 2. The van der Waals surface area contributed by atoms with Crippen LogP contribution in [-0.4, -0.2) is 23.1 Å². The monoisotopic (exact) mass is 288 g/mol. The van der Waals surface area contributed by atoms with Crippen molar-refractivity contribution in [3.05, 3.63) is 47.5 Å². The number of carbonyl (C=O) groups excluding carboxylic acids is 1. The lowest BCUT2D eigenvalue weighted by atomic mass is 10.1. The first kappa shape index (κ1) is 14.7. The van der Waals surface area contributed by atoms with Crippen molar-refractivity contribution in [3.63, 3.8) is 0 Å². The van der Waals surface area contributed by atoms with Crippen molar-refractivity contribution in [2.24, 2.45) is 0 Å². The van der Waals surface area contributed by atoms with Gasteiger partial charge in [-0.15, -0.1) is 0 Å². The number of methoxy groups -OCH3 is 1. The van der Waals surface area contributed by atoms with Crippen LogP contribution in [0.3, 0.4) is 0 Å². The summed E-state index contributed by atoms with van der Waals surface area (Å²) in [6.07, 6.45) is 0. The largest absolute Gasteiger partial charge is 0.507 e. The van der Waals surface area contributed by atoms with Crippen LogP contribution in [-0.2, 0) is 6.61 Å². The molecule has 4 rings (SSSR count). The van der Waals surface area contributed by atoms with E-state index in [4.69, 9.17) is 19.7 Å². The van der Waals surface area contributed by atoms with Gasteiger partial charge in [0, 0.05) is 11.6 Å². The molecule has 0 spiro atoms. The molecular weight excluding hydrogens is 272 g/mol. The van der Waals surface area contributed by atoms with Crippen molar-refractivity contribution in [1.29, 1.82) is 0 Å². The molecule has 0 aliphatic carbocycles. The molecule has 0 amide bonds. The Balaban J connectivity index is 0.000000154. The van der Waals surface area contributed by atoms with E-state index in [0.717, 1.165) is 0 Å². The summed E-state index contributed by atoms with van der Waals surface area (Å²) in [4.78, 5) is 10.9. The molecule has 5 nitrogen and oxygen atoms in total. The predicted octanol–water partition coefficient (Wildman–Crippen LogP) is 2.89. The highest BCUT2D eigenvalue weighted by Crippen LogP contribution is 2.38. The van der Waals surface area contributed by atoms with Gasteiger partial charge in [0.2, 0.25) is 0 Å². The maximum Gasteiger partial charge on any atom is 0.165 e. The van der Waals surface area contributed by atoms with E-state index in [2.05, 4.69) is 0 Å². The van der Waals surface area contributed by atoms with Gasteiger partial charge >= 0.3 is 0 Å². The van der Waals surface area contributed by atoms with Crippen LogP contribution >= 0.6 is 0 Å². The highest BCUT2D eigenvalue weighted by Gasteiger charge is 2.15. The summed E-state index contributed by atoms with van der Waals surface area (Å²) < 4.78 is 9.97. The van der Waals surface area contributed by atoms with Gasteiger partial charge in [0.25, 0.3) is 0 Å². The Hall–Kier alpha value is -2.69. The van der Waals surface area contributed by atoms with Gasteiger partial charge in [-0.25, -0.2) is 0 Å². The topological polar surface area (TPSA) is 76.0 Å². The minimum Gasteiger partial charge on any atom is -0.507 e. The number of fused-ring (bicyclic) bond motifs is 3. The Morgan fingerprint density at radius 1 is 1.19 bits per heavy atom. The fourth-order valence-electron chi connectivity index (χ4n) is 1.92. The Bertz CT molecular complexity index is 634. The number of benzene rings is 2. The van der Waals surface area contributed by atoms with E-state index in [-0.39, 0.29) is 17.3 Å². The molecule has 2 N–H and O–H groups in total. The summed E-state index contributed by atoms with van der Waals surface area (Å²) in [5, 5.41) is 18.1. The van der Waals surface area contributed by atoms with Gasteiger partial charge in [-0.05, 0) is 25.1 Å². The second-order valence-electron chi connectivity index (χ2n) is 4.49. The lowest BCUT2D eigenvalue weighted by molar-refractivity contribution is 0.101. The third-order valence-corrected chi connectivity index (χ3v) is 3.03. The molecule has 2 aromatic rings. The summed E-state index contributed by atoms with van der Waals surface area (Å²) >= 11 is 0. The van der Waals surface area contributed by atoms with Gasteiger partial charge in [-0.2, -0.15) is 0 Å². The first-order valence-corrected chi connectivity index (χ1v) is 6.34. The normalized spacial score (nSPS) is 11.1. The van der Waals surface area contributed by atoms with Crippen molar-refractivity contribution in [3.8, 4) is 23.0 Å². The van der Waals surface area contributed by atoms with Gasteiger partial charge in [-0.1, -0.05) is 12.1 Å². The molecule has 0 unspecified atom stereocenters. The second-order valence-corrected chi connectivity index (χ2v) is 4.49. The van der Waals surface area contributed by atoms with Crippen molar-refractivity contribution in [1.82, 2.24) is 0 Å². The van der Waals surface area contributed by atoms with E-state index in [1.54, 1.807) is 19.2 Å². The molecule has 0 atom stereocenters. The molecule has 0 fully saturated rings. The molecule has 2 aromatic carbocycles. The maximum atomic E-state index is 10.9. The number of ketones is 1. The van der Waals surface area contributed by atoms with Crippen LogP contribution < -0.4 is 9.47 Å². The number of Topliss-reactive ketones (excluding diaryl/α,β-unsaturated/α-hetero) is 1. The second kappa shape index (κ2) is 6.17. The van der Waals surface area contributed by atoms with Gasteiger partial charge in [-0.3, -0.25) is 4.79 Å². The number of aromatic hydroxyl groups is 2. The summed E-state index contributed by atoms with van der Waals surface area (Å²) in [7, 11) is 1.56. The lowest BCUT2D eigenvalue weighted by Gasteiger charge is -2.16. The number of rotatable bonds is 2. The van der Waals surface area contributed by atoms with Gasteiger partial charge in [0.15, 0.2) is 17.3 Å². The Labute approximate surface area is 122 Å². The van der Waals surface area contributed by atoms with E-state index in [1.165, 1.54) is 19.1 Å². The fraction of sp³-hybridized carbons (Fsp3) is 0.188. The first-order valence-electron chi connectivity index (χ1n) is 6.34. The van der Waals surface area contributed by atoms with Crippen LogP contribution in [0, 0.1) is 0 Å². The van der Waals surface area contributed by atoms with E-state index in [1.807, 2.05) is 12.1 Å². The van der Waals surface area contributed by atoms with E-state index >= 15 is 0 Å². The average Bonchev–Trinajstić information content (AvgIpc) is 2.49. The number of para-hydroxylation sites is 1. The van der Waals surface area contributed by atoms with Gasteiger partial charge < -0.3 is 19.7 Å². The van der Waals surface area contributed by atoms with Crippen LogP contribution in [0.1, 0.15) is 22.8 Å². The molecule has 0 saturated heterocycles. The van der Waals surface area contributed by atoms with Crippen molar-refractivity contribution in [2.45, 2.75) is 13.5 Å². The Kier molecular flexibility index (Phi) is 4.33. The third kappa shape index (κ3) is 3.25. The molecule has 2 bridgehead atoms. The minimum absolute atomic E-state index is 0.0300. The summed E-state index contributed by atoms with van der Waals surface area (Å²) in [6.45, 7) is 1.89. The van der Waals surface area contributed by atoms with Gasteiger partial charge in [0.05, 0.1) is 12.7 Å². The van der Waals surface area contributed by atoms with Crippen molar-refractivity contribution < 1.29 is 24.5 Å². The number of hydrogen-bond acceptors (Lipinski definition) is 5. The SMILES string of the molecule is COc1ccccc1C(C)=O.Oc1cc2c(O)cc1CO2. The molecule has 110 valence electrons. The van der Waals surface area contributed by atoms with Crippen LogP contribution in [0.5, 0.6) is 23.0 Å². The number of hydrogen-bond donors (Lipinski definition) is 2. The van der Waals surface area contributed by atoms with Crippen molar-refractivity contribution in [2.75, 3.05) is 7.11 Å². The van der Waals surface area contributed by atoms with E-state index < -0.39 is 0 Å². The van der Waals surface area contributed by atoms with Crippen LogP contribution in [0.2, 0.25) is 0 Å². The zero-order chi connectivity index (χ0) is 15.4. The smallest absolute Gasteiger partial charge is 0.165 e. The highest BCUT2D eigenvalue weighted by molar-refractivity contribution is 5.96. The number of carbonyl (C=O) groups is 1. The number of phenolic OH excluding ortho intramolecular Hbond substituents is 2. The maximum absolute atomic E-state index is 10.9. The predicted molar refractivity (Wildman–Crippen MR) is 77.1 cm³/mol. The molecule has 0 aromatic heterocycles. The highest BCUT2D eigenvalue weighted by atomic mass is 16.5. The van der Waals surface area contributed by atoms with Crippen LogP contribution in [0.4, 0.5) is 0 Å². The molecule has 0 saturated carbocycles. The molecule has 0 radical (unpaired) electrons. The number of phenols is 2. The van der Waals surface area contributed by atoms with E-state index in [9.17, 15) is 4.79 Å². The quantitative estimate of drug-likeness (QED) is 0.656. The molecule has 5 heteroatoms. The van der Waals surface area contributed by atoms with E-state index in [0.29, 0.717) is 29.2 Å². The minimum atomic E-state index is 0.0300.